The van der Waals surface area contributed by atoms with Gasteiger partial charge < -0.3 is 8.85 Å². The minimum absolute atomic E-state index is 0.313. The van der Waals surface area contributed by atoms with Crippen LogP contribution in [-0.4, -0.2) is 35.4 Å². The molecular formula is C10H20O5Si. The minimum Gasteiger partial charge on any atom is -0.398 e. The molecule has 0 amide bonds. The Kier molecular flexibility index (Phi) is 7.23. The number of hydrogen-bond donors (Lipinski definition) is 0. The lowest BCUT2D eigenvalue weighted by Gasteiger charge is -2.22. The second kappa shape index (κ2) is 7.56. The maximum Gasteiger partial charge on any atom is 0.368 e. The van der Waals surface area contributed by atoms with E-state index in [-0.39, 0.29) is 0 Å². The highest BCUT2D eigenvalue weighted by molar-refractivity contribution is 6.65. The fraction of sp³-hybridized carbons (Fsp3) is 0.700. The Morgan fingerprint density at radius 1 is 1.31 bits per heavy atom. The molecule has 16 heavy (non-hydrogen) atoms. The fourth-order valence-electron chi connectivity index (χ4n) is 0.906. The van der Waals surface area contributed by atoms with Gasteiger partial charge in [0.1, 0.15) is 0 Å². The van der Waals surface area contributed by atoms with Crippen molar-refractivity contribution in [2.24, 2.45) is 0 Å². The largest absolute Gasteiger partial charge is 0.398 e. The molecule has 0 saturated carbocycles. The fourth-order valence-corrected chi connectivity index (χ4v) is 2.27. The van der Waals surface area contributed by atoms with Gasteiger partial charge in [0, 0.05) is 19.8 Å². The molecule has 0 unspecified atom stereocenters. The molecule has 0 radical (unpaired) electrons. The van der Waals surface area contributed by atoms with Crippen molar-refractivity contribution in [1.29, 1.82) is 0 Å². The Balaban J connectivity index is 3.61. The Morgan fingerprint density at radius 3 is 2.31 bits per heavy atom. The Labute approximate surface area is 97.5 Å². The molecule has 5 nitrogen and oxygen atoms in total. The van der Waals surface area contributed by atoms with Crippen LogP contribution in [0.5, 0.6) is 0 Å². The van der Waals surface area contributed by atoms with Crippen LogP contribution in [0.3, 0.4) is 0 Å². The highest BCUT2D eigenvalue weighted by Crippen LogP contribution is 2.13. The molecule has 0 fully saturated rings. The summed E-state index contributed by atoms with van der Waals surface area (Å²) in [4.78, 5) is 20.2. The van der Waals surface area contributed by atoms with E-state index in [1.165, 1.54) is 0 Å². The highest BCUT2D eigenvalue weighted by Gasteiger charge is 2.27. The third kappa shape index (κ3) is 6.01. The molecule has 0 aromatic carbocycles. The van der Waals surface area contributed by atoms with Gasteiger partial charge >= 0.3 is 14.5 Å². The molecule has 0 atom stereocenters. The second-order valence-electron chi connectivity index (χ2n) is 3.62. The van der Waals surface area contributed by atoms with Crippen molar-refractivity contribution in [1.82, 2.24) is 0 Å². The first-order valence-corrected chi connectivity index (χ1v) is 7.57. The predicted octanol–water partition coefficient (Wildman–Crippen LogP) is 1.79. The monoisotopic (exact) mass is 248 g/mol. The standard InChI is InChI=1S/C10H20O5Si/c1-9(2)10(11)15-14-7-6-8-16(5,12-3)13-4/h1,6-8H2,2-5H3. The van der Waals surface area contributed by atoms with Gasteiger partial charge in [-0.05, 0) is 25.9 Å². The summed E-state index contributed by atoms with van der Waals surface area (Å²) in [6, 6.07) is 0.782. The summed E-state index contributed by atoms with van der Waals surface area (Å²) in [6.07, 6.45) is 0.716. The van der Waals surface area contributed by atoms with Crippen molar-refractivity contribution < 1.29 is 23.4 Å². The first-order valence-electron chi connectivity index (χ1n) is 5.05. The summed E-state index contributed by atoms with van der Waals surface area (Å²) in [5, 5.41) is 0. The van der Waals surface area contributed by atoms with Gasteiger partial charge in [0.15, 0.2) is 0 Å². The lowest BCUT2D eigenvalue weighted by Crippen LogP contribution is -2.36. The molecular weight excluding hydrogens is 228 g/mol. The summed E-state index contributed by atoms with van der Waals surface area (Å²) in [6.45, 7) is 7.29. The van der Waals surface area contributed by atoms with Crippen molar-refractivity contribution in [3.05, 3.63) is 12.2 Å². The van der Waals surface area contributed by atoms with Crippen molar-refractivity contribution in [2.45, 2.75) is 25.9 Å². The van der Waals surface area contributed by atoms with E-state index < -0.39 is 14.5 Å². The Bertz CT molecular complexity index is 237. The number of carbonyl (C=O) groups excluding carboxylic acids is 1. The van der Waals surface area contributed by atoms with Crippen LogP contribution in [0.2, 0.25) is 12.6 Å². The van der Waals surface area contributed by atoms with E-state index in [0.29, 0.717) is 18.6 Å². The van der Waals surface area contributed by atoms with Gasteiger partial charge in [0.2, 0.25) is 0 Å². The molecule has 0 N–H and O–H groups in total. The zero-order valence-corrected chi connectivity index (χ0v) is 11.4. The van der Waals surface area contributed by atoms with Crippen LogP contribution in [0.25, 0.3) is 0 Å². The number of carbonyl (C=O) groups is 1. The van der Waals surface area contributed by atoms with Gasteiger partial charge in [-0.15, -0.1) is 0 Å². The first kappa shape index (κ1) is 15.3. The van der Waals surface area contributed by atoms with E-state index in [1.54, 1.807) is 21.1 Å². The molecule has 0 spiro atoms. The molecule has 0 aliphatic heterocycles. The third-order valence-electron chi connectivity index (χ3n) is 2.21. The van der Waals surface area contributed by atoms with Crippen molar-refractivity contribution >= 4 is 14.5 Å². The van der Waals surface area contributed by atoms with E-state index in [4.69, 9.17) is 13.7 Å². The smallest absolute Gasteiger partial charge is 0.368 e. The maximum atomic E-state index is 10.9. The van der Waals surface area contributed by atoms with Crippen LogP contribution in [-0.2, 0) is 23.4 Å². The predicted molar refractivity (Wildman–Crippen MR) is 61.9 cm³/mol. The van der Waals surface area contributed by atoms with Crippen molar-refractivity contribution in [2.75, 3.05) is 20.8 Å². The molecule has 0 heterocycles. The third-order valence-corrected chi connectivity index (χ3v) is 5.19. The summed E-state index contributed by atoms with van der Waals surface area (Å²) >= 11 is 0. The van der Waals surface area contributed by atoms with E-state index in [2.05, 4.69) is 11.5 Å². The van der Waals surface area contributed by atoms with Crippen molar-refractivity contribution in [3.63, 3.8) is 0 Å². The van der Waals surface area contributed by atoms with E-state index in [0.717, 1.165) is 6.04 Å². The molecule has 0 aliphatic rings. The van der Waals surface area contributed by atoms with Gasteiger partial charge in [-0.1, -0.05) is 6.58 Å². The quantitative estimate of drug-likeness (QED) is 0.215. The molecule has 94 valence electrons. The van der Waals surface area contributed by atoms with Crippen LogP contribution < -0.4 is 0 Å². The number of rotatable bonds is 8. The van der Waals surface area contributed by atoms with Crippen LogP contribution in [0.4, 0.5) is 0 Å². The Hall–Kier alpha value is -0.693. The normalized spacial score (nSPS) is 11.2. The highest BCUT2D eigenvalue weighted by atomic mass is 28.4. The summed E-state index contributed by atoms with van der Waals surface area (Å²) < 4.78 is 10.6. The van der Waals surface area contributed by atoms with Gasteiger partial charge in [0.05, 0.1) is 6.61 Å². The average Bonchev–Trinajstić information content (AvgIpc) is 2.27. The molecule has 0 bridgehead atoms. The zero-order valence-electron chi connectivity index (χ0n) is 10.4. The van der Waals surface area contributed by atoms with Crippen LogP contribution >= 0.6 is 0 Å². The summed E-state index contributed by atoms with van der Waals surface area (Å²) in [5.74, 6) is -0.543. The lowest BCUT2D eigenvalue weighted by atomic mass is 10.4. The van der Waals surface area contributed by atoms with Crippen LogP contribution in [0.15, 0.2) is 12.2 Å². The SMILES string of the molecule is C=C(C)C(=O)OOCCC[Si](C)(OC)OC. The molecule has 0 rings (SSSR count). The van der Waals surface area contributed by atoms with Crippen molar-refractivity contribution in [3.8, 4) is 0 Å². The average molecular weight is 248 g/mol. The van der Waals surface area contributed by atoms with E-state index in [9.17, 15) is 4.79 Å². The Morgan fingerprint density at radius 2 is 1.88 bits per heavy atom. The molecule has 0 aliphatic carbocycles. The van der Waals surface area contributed by atoms with Gasteiger partial charge in [-0.25, -0.2) is 4.79 Å². The maximum absolute atomic E-state index is 10.9. The molecule has 0 saturated heterocycles. The van der Waals surface area contributed by atoms with E-state index >= 15 is 0 Å². The summed E-state index contributed by atoms with van der Waals surface area (Å²) in [5.41, 5.74) is 0.313. The molecule has 6 heteroatoms. The van der Waals surface area contributed by atoms with Crippen LogP contribution in [0, 0.1) is 0 Å². The van der Waals surface area contributed by atoms with E-state index in [1.807, 2.05) is 6.55 Å². The van der Waals surface area contributed by atoms with Crippen LogP contribution in [0.1, 0.15) is 13.3 Å². The second-order valence-corrected chi connectivity index (χ2v) is 7.20. The first-order chi connectivity index (χ1) is 7.45. The minimum atomic E-state index is -2.03. The molecule has 0 aromatic heterocycles. The van der Waals surface area contributed by atoms with Gasteiger partial charge in [-0.2, -0.15) is 4.89 Å². The lowest BCUT2D eigenvalue weighted by molar-refractivity contribution is -0.268. The molecule has 0 aromatic rings. The number of hydrogen-bond acceptors (Lipinski definition) is 5. The van der Waals surface area contributed by atoms with Gasteiger partial charge in [0.25, 0.3) is 0 Å². The zero-order chi connectivity index (χ0) is 12.6. The topological polar surface area (TPSA) is 54.0 Å². The summed E-state index contributed by atoms with van der Waals surface area (Å²) in [7, 11) is 1.24. The van der Waals surface area contributed by atoms with Gasteiger partial charge in [-0.3, -0.25) is 4.89 Å².